The molecule has 2 N–H and O–H groups in total. The van der Waals surface area contributed by atoms with Gasteiger partial charge in [-0.15, -0.1) is 0 Å². The summed E-state index contributed by atoms with van der Waals surface area (Å²) >= 11 is 0. The number of benzene rings is 2. The van der Waals surface area contributed by atoms with Gasteiger partial charge in [-0.2, -0.15) is 4.72 Å². The fourth-order valence-electron chi connectivity index (χ4n) is 2.13. The lowest BCUT2D eigenvalue weighted by atomic mass is 10.1. The molecule has 0 bridgehead atoms. The third-order valence-corrected chi connectivity index (χ3v) is 5.06. The number of rotatable bonds is 6. The largest absolute Gasteiger partial charge is 0.348 e. The molecule has 0 aliphatic carbocycles. The first-order valence-corrected chi connectivity index (χ1v) is 8.91. The summed E-state index contributed by atoms with van der Waals surface area (Å²) in [5, 5.41) is 2.75. The summed E-state index contributed by atoms with van der Waals surface area (Å²) in [6, 6.07) is 12.5. The van der Waals surface area contributed by atoms with Crippen molar-refractivity contribution < 1.29 is 17.6 Å². The number of hydrogen-bond acceptors (Lipinski definition) is 3. The fraction of sp³-hybridized carbons (Fsp3) is 0.235. The zero-order chi connectivity index (χ0) is 17.7. The first-order valence-electron chi connectivity index (χ1n) is 7.43. The lowest BCUT2D eigenvalue weighted by molar-refractivity contribution is -0.123. The summed E-state index contributed by atoms with van der Waals surface area (Å²) in [5.41, 5.74) is 0.916. The van der Waals surface area contributed by atoms with Gasteiger partial charge in [0.1, 0.15) is 5.82 Å². The Morgan fingerprint density at radius 2 is 1.58 bits per heavy atom. The number of amides is 1. The highest BCUT2D eigenvalue weighted by Crippen LogP contribution is 2.13. The average Bonchev–Trinajstić information content (AvgIpc) is 2.55. The maximum atomic E-state index is 12.9. The Labute approximate surface area is 141 Å². The molecule has 0 unspecified atom stereocenters. The van der Waals surface area contributed by atoms with Crippen molar-refractivity contribution in [3.05, 3.63) is 66.0 Å². The molecule has 0 radical (unpaired) electrons. The van der Waals surface area contributed by atoms with Crippen molar-refractivity contribution in [2.45, 2.75) is 30.8 Å². The second-order valence-electron chi connectivity index (χ2n) is 5.44. The molecule has 0 spiro atoms. The number of hydrogen-bond donors (Lipinski definition) is 2. The highest BCUT2D eigenvalue weighted by Gasteiger charge is 2.23. The summed E-state index contributed by atoms with van der Waals surface area (Å²) in [4.78, 5) is 12.1. The number of nitrogens with one attached hydrogen (secondary N) is 2. The molecule has 1 amide bonds. The van der Waals surface area contributed by atoms with Gasteiger partial charge in [0, 0.05) is 0 Å². The second-order valence-corrected chi connectivity index (χ2v) is 7.15. The van der Waals surface area contributed by atoms with Crippen molar-refractivity contribution in [1.29, 1.82) is 0 Å². The standard InChI is InChI=1S/C17H19FN2O3S/c1-12(14-6-4-3-5-7-14)19-17(21)13(2)20-24(22,23)16-10-8-15(18)9-11-16/h3-13,20H,1-2H3,(H,19,21)/t12-,13-/m1/s1. The van der Waals surface area contributed by atoms with E-state index in [-0.39, 0.29) is 10.9 Å². The van der Waals surface area contributed by atoms with Gasteiger partial charge in [-0.25, -0.2) is 12.8 Å². The van der Waals surface area contributed by atoms with Crippen molar-refractivity contribution >= 4 is 15.9 Å². The van der Waals surface area contributed by atoms with Crippen molar-refractivity contribution in [1.82, 2.24) is 10.0 Å². The Morgan fingerprint density at radius 1 is 1.00 bits per heavy atom. The van der Waals surface area contributed by atoms with Gasteiger partial charge < -0.3 is 5.32 Å². The first-order chi connectivity index (χ1) is 11.3. The van der Waals surface area contributed by atoms with Gasteiger partial charge >= 0.3 is 0 Å². The van der Waals surface area contributed by atoms with Crippen LogP contribution < -0.4 is 10.0 Å². The van der Waals surface area contributed by atoms with E-state index in [0.29, 0.717) is 0 Å². The zero-order valence-corrected chi connectivity index (χ0v) is 14.2. The van der Waals surface area contributed by atoms with Crippen LogP contribution in [-0.4, -0.2) is 20.4 Å². The Morgan fingerprint density at radius 3 is 2.17 bits per heavy atom. The topological polar surface area (TPSA) is 75.3 Å². The summed E-state index contributed by atoms with van der Waals surface area (Å²) in [6.07, 6.45) is 0. The molecule has 128 valence electrons. The molecule has 0 saturated carbocycles. The fourth-order valence-corrected chi connectivity index (χ4v) is 3.33. The van der Waals surface area contributed by atoms with Crippen LogP contribution in [0.5, 0.6) is 0 Å². The molecule has 2 aromatic carbocycles. The third-order valence-electron chi connectivity index (χ3n) is 3.51. The van der Waals surface area contributed by atoms with E-state index in [1.807, 2.05) is 37.3 Å². The van der Waals surface area contributed by atoms with Crippen molar-refractivity contribution in [2.24, 2.45) is 0 Å². The molecule has 0 aromatic heterocycles. The Hall–Kier alpha value is -2.25. The normalized spacial score (nSPS) is 14.0. The first kappa shape index (κ1) is 18.1. The van der Waals surface area contributed by atoms with Crippen LogP contribution in [0.3, 0.4) is 0 Å². The van der Waals surface area contributed by atoms with Gasteiger partial charge in [0.15, 0.2) is 0 Å². The molecule has 0 heterocycles. The number of carbonyl (C=O) groups is 1. The van der Waals surface area contributed by atoms with E-state index in [2.05, 4.69) is 10.0 Å². The Kier molecular flexibility index (Phi) is 5.69. The molecular formula is C17H19FN2O3S. The van der Waals surface area contributed by atoms with Crippen LogP contribution in [0.1, 0.15) is 25.5 Å². The predicted octanol–water partition coefficient (Wildman–Crippen LogP) is 2.37. The summed E-state index contributed by atoms with van der Waals surface area (Å²) in [7, 11) is -3.90. The van der Waals surface area contributed by atoms with Crippen LogP contribution in [0.15, 0.2) is 59.5 Å². The van der Waals surface area contributed by atoms with Crippen molar-refractivity contribution in [2.75, 3.05) is 0 Å². The van der Waals surface area contributed by atoms with Gasteiger partial charge in [-0.1, -0.05) is 30.3 Å². The minimum atomic E-state index is -3.90. The summed E-state index contributed by atoms with van der Waals surface area (Å²) in [5.74, 6) is -0.978. The lowest BCUT2D eigenvalue weighted by Gasteiger charge is -2.19. The summed E-state index contributed by atoms with van der Waals surface area (Å²) in [6.45, 7) is 3.27. The molecular weight excluding hydrogens is 331 g/mol. The van der Waals surface area contributed by atoms with Crippen LogP contribution in [0.4, 0.5) is 4.39 Å². The SMILES string of the molecule is C[C@@H](NS(=O)(=O)c1ccc(F)cc1)C(=O)N[C@H](C)c1ccccc1. The monoisotopic (exact) mass is 350 g/mol. The molecule has 24 heavy (non-hydrogen) atoms. The van der Waals surface area contributed by atoms with E-state index in [0.717, 1.165) is 29.8 Å². The van der Waals surface area contributed by atoms with E-state index in [1.165, 1.54) is 6.92 Å². The van der Waals surface area contributed by atoms with Gasteiger partial charge in [-0.05, 0) is 43.7 Å². The second kappa shape index (κ2) is 7.55. The van der Waals surface area contributed by atoms with Gasteiger partial charge in [-0.3, -0.25) is 4.79 Å². The minimum Gasteiger partial charge on any atom is -0.348 e. The highest BCUT2D eigenvalue weighted by molar-refractivity contribution is 7.89. The zero-order valence-electron chi connectivity index (χ0n) is 13.4. The molecule has 2 atom stereocenters. The molecule has 0 aliphatic heterocycles. The summed E-state index contributed by atoms with van der Waals surface area (Å²) < 4.78 is 39.6. The smallest absolute Gasteiger partial charge is 0.241 e. The van der Waals surface area contributed by atoms with E-state index in [4.69, 9.17) is 0 Å². The maximum Gasteiger partial charge on any atom is 0.241 e. The predicted molar refractivity (Wildman–Crippen MR) is 89.2 cm³/mol. The molecule has 0 aliphatic rings. The van der Waals surface area contributed by atoms with E-state index < -0.39 is 27.8 Å². The van der Waals surface area contributed by atoms with Crippen LogP contribution in [0.2, 0.25) is 0 Å². The molecule has 5 nitrogen and oxygen atoms in total. The van der Waals surface area contributed by atoms with E-state index in [9.17, 15) is 17.6 Å². The lowest BCUT2D eigenvalue weighted by Crippen LogP contribution is -2.45. The van der Waals surface area contributed by atoms with Crippen LogP contribution in [0, 0.1) is 5.82 Å². The van der Waals surface area contributed by atoms with Gasteiger partial charge in [0.2, 0.25) is 15.9 Å². The van der Waals surface area contributed by atoms with Gasteiger partial charge in [0.05, 0.1) is 17.0 Å². The van der Waals surface area contributed by atoms with Crippen LogP contribution in [0.25, 0.3) is 0 Å². The molecule has 0 fully saturated rings. The quantitative estimate of drug-likeness (QED) is 0.840. The molecule has 7 heteroatoms. The number of sulfonamides is 1. The number of halogens is 1. The molecule has 2 rings (SSSR count). The Bertz CT molecular complexity index is 792. The molecule has 2 aromatic rings. The van der Waals surface area contributed by atoms with Crippen LogP contribution >= 0.6 is 0 Å². The number of carbonyl (C=O) groups excluding carboxylic acids is 1. The van der Waals surface area contributed by atoms with E-state index in [1.54, 1.807) is 0 Å². The van der Waals surface area contributed by atoms with Crippen molar-refractivity contribution in [3.63, 3.8) is 0 Å². The average molecular weight is 350 g/mol. The third kappa shape index (κ3) is 4.62. The van der Waals surface area contributed by atoms with E-state index >= 15 is 0 Å². The minimum absolute atomic E-state index is 0.0975. The van der Waals surface area contributed by atoms with Gasteiger partial charge in [0.25, 0.3) is 0 Å². The highest BCUT2D eigenvalue weighted by atomic mass is 32.2. The molecule has 0 saturated heterocycles. The Balaban J connectivity index is 2.02. The maximum absolute atomic E-state index is 12.9. The van der Waals surface area contributed by atoms with Crippen LogP contribution in [-0.2, 0) is 14.8 Å². The van der Waals surface area contributed by atoms with Crippen molar-refractivity contribution in [3.8, 4) is 0 Å².